The number of fused-ring (bicyclic) bond motifs is 1. The van der Waals surface area contributed by atoms with Crippen LogP contribution in [0.4, 0.5) is 0 Å². The van der Waals surface area contributed by atoms with Gasteiger partial charge in [-0.1, -0.05) is 49.4 Å². The molecule has 0 saturated heterocycles. The summed E-state index contributed by atoms with van der Waals surface area (Å²) in [5.41, 5.74) is 3.18. The molecular formula is C28H30N2O3S. The van der Waals surface area contributed by atoms with Crippen LogP contribution in [-0.2, 0) is 16.0 Å². The maximum absolute atomic E-state index is 13.6. The van der Waals surface area contributed by atoms with E-state index in [-0.39, 0.29) is 24.4 Å². The average Bonchev–Trinajstić information content (AvgIpc) is 3.36. The SMILES string of the molecule is CCCN(CC(=O)N1CCc2sccc2C1c1ccc(OC)cc1)C(=O)C=Cc1ccccc1. The minimum Gasteiger partial charge on any atom is -0.497 e. The number of rotatable bonds is 8. The summed E-state index contributed by atoms with van der Waals surface area (Å²) < 4.78 is 5.32. The Bertz CT molecular complexity index is 1140. The molecule has 176 valence electrons. The van der Waals surface area contributed by atoms with Crippen LogP contribution in [0.15, 0.2) is 72.1 Å². The van der Waals surface area contributed by atoms with E-state index in [2.05, 4.69) is 11.4 Å². The zero-order chi connectivity index (χ0) is 23.9. The molecule has 5 nitrogen and oxygen atoms in total. The maximum atomic E-state index is 13.6. The van der Waals surface area contributed by atoms with Crippen LogP contribution in [0, 0.1) is 0 Å². The standard InChI is InChI=1S/C28H30N2O3S/c1-3-17-29(26(31)14-9-21-7-5-4-6-8-21)20-27(32)30-18-15-25-24(16-19-34-25)28(30)22-10-12-23(33-2)13-11-22/h4-14,16,19,28H,3,15,17-18,20H2,1-2H3. The number of methoxy groups -OCH3 is 1. The molecule has 0 radical (unpaired) electrons. The summed E-state index contributed by atoms with van der Waals surface area (Å²) in [6, 6.07) is 19.6. The maximum Gasteiger partial charge on any atom is 0.247 e. The molecule has 0 saturated carbocycles. The molecule has 2 aromatic carbocycles. The molecule has 2 amide bonds. The monoisotopic (exact) mass is 474 g/mol. The molecule has 4 rings (SSSR count). The van der Waals surface area contributed by atoms with Gasteiger partial charge in [-0.15, -0.1) is 11.3 Å². The lowest BCUT2D eigenvalue weighted by molar-refractivity contribution is -0.139. The van der Waals surface area contributed by atoms with Gasteiger partial charge in [-0.25, -0.2) is 0 Å². The van der Waals surface area contributed by atoms with Gasteiger partial charge in [0.15, 0.2) is 0 Å². The van der Waals surface area contributed by atoms with Crippen molar-refractivity contribution in [1.29, 1.82) is 0 Å². The van der Waals surface area contributed by atoms with Crippen molar-refractivity contribution < 1.29 is 14.3 Å². The molecule has 6 heteroatoms. The van der Waals surface area contributed by atoms with Gasteiger partial charge in [0.05, 0.1) is 13.2 Å². The Labute approximate surface area is 205 Å². The molecule has 3 aromatic rings. The van der Waals surface area contributed by atoms with Crippen LogP contribution in [0.1, 0.15) is 41.0 Å². The number of nitrogens with zero attached hydrogens (tertiary/aromatic N) is 2. The van der Waals surface area contributed by atoms with Crippen LogP contribution < -0.4 is 4.74 Å². The Morgan fingerprint density at radius 3 is 2.59 bits per heavy atom. The van der Waals surface area contributed by atoms with E-state index in [1.54, 1.807) is 35.5 Å². The van der Waals surface area contributed by atoms with E-state index in [0.29, 0.717) is 13.1 Å². The first-order chi connectivity index (χ1) is 16.6. The molecule has 1 aliphatic heterocycles. The zero-order valence-electron chi connectivity index (χ0n) is 19.6. The smallest absolute Gasteiger partial charge is 0.247 e. The van der Waals surface area contributed by atoms with Crippen LogP contribution in [0.2, 0.25) is 0 Å². The largest absolute Gasteiger partial charge is 0.497 e. The summed E-state index contributed by atoms with van der Waals surface area (Å²) in [5.74, 6) is 0.605. The number of carbonyl (C=O) groups is 2. The quantitative estimate of drug-likeness (QED) is 0.423. The van der Waals surface area contributed by atoms with Crippen molar-refractivity contribution in [2.75, 3.05) is 26.7 Å². The molecule has 0 spiro atoms. The Morgan fingerprint density at radius 1 is 1.12 bits per heavy atom. The van der Waals surface area contributed by atoms with E-state index in [9.17, 15) is 9.59 Å². The third kappa shape index (κ3) is 5.39. The molecule has 1 unspecified atom stereocenters. The Hall–Kier alpha value is -3.38. The van der Waals surface area contributed by atoms with Gasteiger partial charge >= 0.3 is 0 Å². The molecule has 0 fully saturated rings. The summed E-state index contributed by atoms with van der Waals surface area (Å²) >= 11 is 1.74. The second-order valence-electron chi connectivity index (χ2n) is 8.32. The van der Waals surface area contributed by atoms with Crippen LogP contribution in [0.5, 0.6) is 5.75 Å². The lowest BCUT2D eigenvalue weighted by Gasteiger charge is -2.37. The lowest BCUT2D eigenvalue weighted by Crippen LogP contribution is -2.46. The van der Waals surface area contributed by atoms with Gasteiger partial charge < -0.3 is 14.5 Å². The second-order valence-corrected chi connectivity index (χ2v) is 9.32. The predicted molar refractivity (Wildman–Crippen MR) is 137 cm³/mol. The van der Waals surface area contributed by atoms with Gasteiger partial charge in [-0.2, -0.15) is 0 Å². The summed E-state index contributed by atoms with van der Waals surface area (Å²) in [6.07, 6.45) is 4.98. The molecule has 1 atom stereocenters. The Balaban J connectivity index is 1.55. The molecule has 34 heavy (non-hydrogen) atoms. The summed E-state index contributed by atoms with van der Waals surface area (Å²) in [5, 5.41) is 2.09. The third-order valence-corrected chi connectivity index (χ3v) is 7.06. The summed E-state index contributed by atoms with van der Waals surface area (Å²) in [7, 11) is 1.65. The molecule has 0 bridgehead atoms. The summed E-state index contributed by atoms with van der Waals surface area (Å²) in [4.78, 5) is 31.4. The fourth-order valence-corrected chi connectivity index (χ4v) is 5.26. The van der Waals surface area contributed by atoms with Crippen molar-refractivity contribution in [2.24, 2.45) is 0 Å². The minimum atomic E-state index is -0.160. The van der Waals surface area contributed by atoms with Crippen LogP contribution in [-0.4, -0.2) is 48.4 Å². The van der Waals surface area contributed by atoms with Gasteiger partial charge in [-0.3, -0.25) is 9.59 Å². The van der Waals surface area contributed by atoms with Crippen molar-refractivity contribution in [3.05, 3.63) is 93.7 Å². The summed E-state index contributed by atoms with van der Waals surface area (Å²) in [6.45, 7) is 3.26. The second kappa shape index (κ2) is 11.2. The Kier molecular flexibility index (Phi) is 7.80. The number of benzene rings is 2. The zero-order valence-corrected chi connectivity index (χ0v) is 20.5. The number of thiophene rings is 1. The van der Waals surface area contributed by atoms with Crippen LogP contribution in [0.25, 0.3) is 6.08 Å². The van der Waals surface area contributed by atoms with Crippen molar-refractivity contribution >= 4 is 29.2 Å². The molecule has 1 aromatic heterocycles. The molecule has 0 N–H and O–H groups in total. The number of hydrogen-bond donors (Lipinski definition) is 0. The van der Waals surface area contributed by atoms with Crippen LogP contribution in [0.3, 0.4) is 0 Å². The van der Waals surface area contributed by atoms with E-state index in [1.807, 2.05) is 66.4 Å². The highest BCUT2D eigenvalue weighted by Gasteiger charge is 2.33. The normalized spacial score (nSPS) is 15.2. The first kappa shape index (κ1) is 23.8. The first-order valence-electron chi connectivity index (χ1n) is 11.6. The highest BCUT2D eigenvalue weighted by atomic mass is 32.1. The van der Waals surface area contributed by atoms with Crippen LogP contribution >= 0.6 is 11.3 Å². The van der Waals surface area contributed by atoms with E-state index in [1.165, 1.54) is 10.4 Å². The molecule has 1 aliphatic rings. The fraction of sp³-hybridized carbons (Fsp3) is 0.286. The lowest BCUT2D eigenvalue weighted by atomic mass is 9.93. The minimum absolute atomic E-state index is 0.0346. The molecular weight excluding hydrogens is 444 g/mol. The van der Waals surface area contributed by atoms with Gasteiger partial charge in [0, 0.05) is 24.0 Å². The van der Waals surface area contributed by atoms with Gasteiger partial charge in [-0.05, 0) is 59.2 Å². The van der Waals surface area contributed by atoms with Crippen molar-refractivity contribution in [1.82, 2.24) is 9.80 Å². The van der Waals surface area contributed by atoms with E-state index in [0.717, 1.165) is 29.7 Å². The number of carbonyl (C=O) groups excluding carboxylic acids is 2. The predicted octanol–water partition coefficient (Wildman–Crippen LogP) is 5.18. The molecule has 2 heterocycles. The fourth-order valence-electron chi connectivity index (χ4n) is 4.36. The number of amides is 2. The first-order valence-corrected chi connectivity index (χ1v) is 12.5. The van der Waals surface area contributed by atoms with Crippen molar-refractivity contribution in [3.8, 4) is 5.75 Å². The molecule has 0 aliphatic carbocycles. The topological polar surface area (TPSA) is 49.9 Å². The highest BCUT2D eigenvalue weighted by Crippen LogP contribution is 2.38. The van der Waals surface area contributed by atoms with E-state index < -0.39 is 0 Å². The van der Waals surface area contributed by atoms with Crippen molar-refractivity contribution in [3.63, 3.8) is 0 Å². The number of ether oxygens (including phenoxy) is 1. The Morgan fingerprint density at radius 2 is 1.88 bits per heavy atom. The van der Waals surface area contributed by atoms with E-state index >= 15 is 0 Å². The highest BCUT2D eigenvalue weighted by molar-refractivity contribution is 7.10. The van der Waals surface area contributed by atoms with E-state index in [4.69, 9.17) is 4.74 Å². The van der Waals surface area contributed by atoms with Gasteiger partial charge in [0.25, 0.3) is 0 Å². The number of hydrogen-bond acceptors (Lipinski definition) is 4. The van der Waals surface area contributed by atoms with Crippen molar-refractivity contribution in [2.45, 2.75) is 25.8 Å². The van der Waals surface area contributed by atoms with Gasteiger partial charge in [0.2, 0.25) is 11.8 Å². The average molecular weight is 475 g/mol. The third-order valence-electron chi connectivity index (χ3n) is 6.07. The van der Waals surface area contributed by atoms with Gasteiger partial charge in [0.1, 0.15) is 12.3 Å².